The van der Waals surface area contributed by atoms with Gasteiger partial charge in [0.15, 0.2) is 0 Å². The van der Waals surface area contributed by atoms with Crippen molar-refractivity contribution in [1.82, 2.24) is 9.80 Å². The lowest BCUT2D eigenvalue weighted by molar-refractivity contribution is 0.136. The lowest BCUT2D eigenvalue weighted by Gasteiger charge is -2.33. The van der Waals surface area contributed by atoms with Crippen molar-refractivity contribution >= 4 is 0 Å². The molecule has 0 spiro atoms. The standard InChI is InChI=1S/C30H60N2/c1-4-7-10-12-14-16-17-18-19-21-23-25-30-31(26-9-6-3)28-29-32(30)27-24-22-20-15-13-11-8-5-2/h28-30H,4-27H2,1-3H3. The molecule has 32 heavy (non-hydrogen) atoms. The van der Waals surface area contributed by atoms with Gasteiger partial charge >= 0.3 is 0 Å². The van der Waals surface area contributed by atoms with E-state index in [1.54, 1.807) is 0 Å². The van der Waals surface area contributed by atoms with Crippen LogP contribution in [0.5, 0.6) is 0 Å². The summed E-state index contributed by atoms with van der Waals surface area (Å²) in [5.41, 5.74) is 0. The third kappa shape index (κ3) is 15.2. The summed E-state index contributed by atoms with van der Waals surface area (Å²) in [7, 11) is 0. The molecule has 0 amide bonds. The predicted molar refractivity (Wildman–Crippen MR) is 145 cm³/mol. The van der Waals surface area contributed by atoms with E-state index in [4.69, 9.17) is 0 Å². The van der Waals surface area contributed by atoms with Crippen LogP contribution in [0.4, 0.5) is 0 Å². The third-order valence-electron chi connectivity index (χ3n) is 7.32. The van der Waals surface area contributed by atoms with Gasteiger partial charge in [0.2, 0.25) is 0 Å². The molecular weight excluding hydrogens is 388 g/mol. The summed E-state index contributed by atoms with van der Waals surface area (Å²) < 4.78 is 0. The molecule has 0 aromatic rings. The molecular formula is C30H60N2. The SMILES string of the molecule is CCCCCCCCCCCCCC1N(CCCC)C=CN1CCCCCCCCCC. The van der Waals surface area contributed by atoms with Gasteiger partial charge in [-0.2, -0.15) is 0 Å². The first-order valence-electron chi connectivity index (χ1n) is 15.0. The number of rotatable bonds is 24. The highest BCUT2D eigenvalue weighted by molar-refractivity contribution is 4.96. The van der Waals surface area contributed by atoms with E-state index >= 15 is 0 Å². The maximum Gasteiger partial charge on any atom is 0.101 e. The van der Waals surface area contributed by atoms with E-state index < -0.39 is 0 Å². The summed E-state index contributed by atoms with van der Waals surface area (Å²) in [6, 6.07) is 0. The van der Waals surface area contributed by atoms with Crippen LogP contribution in [0.15, 0.2) is 12.4 Å². The largest absolute Gasteiger partial charge is 0.356 e. The number of hydrogen-bond acceptors (Lipinski definition) is 2. The quantitative estimate of drug-likeness (QED) is 0.135. The van der Waals surface area contributed by atoms with E-state index in [-0.39, 0.29) is 0 Å². The average Bonchev–Trinajstić information content (AvgIpc) is 3.19. The van der Waals surface area contributed by atoms with Crippen molar-refractivity contribution in [1.29, 1.82) is 0 Å². The Balaban J connectivity index is 2.14. The molecule has 1 aliphatic heterocycles. The van der Waals surface area contributed by atoms with Gasteiger partial charge in [0, 0.05) is 25.5 Å². The molecule has 0 radical (unpaired) electrons. The minimum Gasteiger partial charge on any atom is -0.356 e. The summed E-state index contributed by atoms with van der Waals surface area (Å²) in [4.78, 5) is 5.31. The van der Waals surface area contributed by atoms with Crippen LogP contribution in [0, 0.1) is 0 Å². The highest BCUT2D eigenvalue weighted by Crippen LogP contribution is 2.23. The van der Waals surface area contributed by atoms with Crippen LogP contribution in [0.25, 0.3) is 0 Å². The van der Waals surface area contributed by atoms with Crippen molar-refractivity contribution in [2.75, 3.05) is 13.1 Å². The van der Waals surface area contributed by atoms with Gasteiger partial charge in [-0.05, 0) is 25.7 Å². The molecule has 0 fully saturated rings. The van der Waals surface area contributed by atoms with Crippen LogP contribution in [0.2, 0.25) is 0 Å². The Morgan fingerprint density at radius 3 is 1.19 bits per heavy atom. The van der Waals surface area contributed by atoms with Gasteiger partial charge in [0.25, 0.3) is 0 Å². The van der Waals surface area contributed by atoms with E-state index in [2.05, 4.69) is 43.0 Å². The molecule has 0 aromatic carbocycles. The highest BCUT2D eigenvalue weighted by atomic mass is 15.4. The molecule has 1 unspecified atom stereocenters. The fraction of sp³-hybridized carbons (Fsp3) is 0.933. The van der Waals surface area contributed by atoms with Crippen LogP contribution in [-0.4, -0.2) is 29.1 Å². The van der Waals surface area contributed by atoms with Crippen LogP contribution in [0.3, 0.4) is 0 Å². The molecule has 1 atom stereocenters. The molecule has 0 saturated heterocycles. The van der Waals surface area contributed by atoms with E-state index in [1.165, 1.54) is 154 Å². The van der Waals surface area contributed by atoms with Gasteiger partial charge in [-0.3, -0.25) is 0 Å². The van der Waals surface area contributed by atoms with Crippen molar-refractivity contribution in [3.8, 4) is 0 Å². The van der Waals surface area contributed by atoms with E-state index in [0.717, 1.165) is 0 Å². The van der Waals surface area contributed by atoms with Crippen molar-refractivity contribution in [3.05, 3.63) is 12.4 Å². The summed E-state index contributed by atoms with van der Waals surface area (Å²) in [6.45, 7) is 9.43. The zero-order chi connectivity index (χ0) is 23.1. The summed E-state index contributed by atoms with van der Waals surface area (Å²) in [5.74, 6) is 0. The Labute approximate surface area is 203 Å². The summed E-state index contributed by atoms with van der Waals surface area (Å²) in [6.07, 6.45) is 36.6. The fourth-order valence-electron chi connectivity index (χ4n) is 5.10. The second-order valence-corrected chi connectivity index (χ2v) is 10.4. The monoisotopic (exact) mass is 448 g/mol. The minimum atomic E-state index is 0.643. The van der Waals surface area contributed by atoms with E-state index in [9.17, 15) is 0 Å². The number of nitrogens with zero attached hydrogens (tertiary/aromatic N) is 2. The van der Waals surface area contributed by atoms with Crippen molar-refractivity contribution in [2.45, 2.75) is 168 Å². The molecule has 1 rings (SSSR count). The topological polar surface area (TPSA) is 6.48 Å². The molecule has 0 N–H and O–H groups in total. The van der Waals surface area contributed by atoms with Crippen LogP contribution in [-0.2, 0) is 0 Å². The van der Waals surface area contributed by atoms with Crippen molar-refractivity contribution in [2.24, 2.45) is 0 Å². The first kappa shape index (κ1) is 29.4. The first-order chi connectivity index (χ1) is 15.8. The van der Waals surface area contributed by atoms with Gasteiger partial charge in [-0.1, -0.05) is 136 Å². The smallest absolute Gasteiger partial charge is 0.101 e. The zero-order valence-electron chi connectivity index (χ0n) is 22.6. The summed E-state index contributed by atoms with van der Waals surface area (Å²) in [5, 5.41) is 0. The molecule has 2 heteroatoms. The average molecular weight is 449 g/mol. The van der Waals surface area contributed by atoms with Crippen LogP contribution >= 0.6 is 0 Å². The van der Waals surface area contributed by atoms with Gasteiger partial charge < -0.3 is 9.80 Å². The fourth-order valence-corrected chi connectivity index (χ4v) is 5.10. The Hall–Kier alpha value is -0.660. The van der Waals surface area contributed by atoms with Crippen molar-refractivity contribution in [3.63, 3.8) is 0 Å². The zero-order valence-corrected chi connectivity index (χ0v) is 22.6. The van der Waals surface area contributed by atoms with Crippen LogP contribution < -0.4 is 0 Å². The second kappa shape index (κ2) is 22.1. The molecule has 0 aliphatic carbocycles. The van der Waals surface area contributed by atoms with Gasteiger partial charge in [-0.25, -0.2) is 0 Å². The molecule has 2 nitrogen and oxygen atoms in total. The maximum atomic E-state index is 2.67. The van der Waals surface area contributed by atoms with Gasteiger partial charge in [-0.15, -0.1) is 0 Å². The number of hydrogen-bond donors (Lipinski definition) is 0. The Morgan fingerprint density at radius 2 is 0.750 bits per heavy atom. The molecule has 0 saturated carbocycles. The Morgan fingerprint density at radius 1 is 0.406 bits per heavy atom. The molecule has 1 aliphatic rings. The Bertz CT molecular complexity index is 406. The third-order valence-corrected chi connectivity index (χ3v) is 7.32. The summed E-state index contributed by atoms with van der Waals surface area (Å²) >= 11 is 0. The molecule has 1 heterocycles. The molecule has 0 aromatic heterocycles. The minimum absolute atomic E-state index is 0.643. The van der Waals surface area contributed by atoms with E-state index in [1.807, 2.05) is 0 Å². The lowest BCUT2D eigenvalue weighted by atomic mass is 10.0. The predicted octanol–water partition coefficient (Wildman–Crippen LogP) is 10.0. The first-order valence-corrected chi connectivity index (χ1v) is 15.0. The number of unbranched alkanes of at least 4 members (excludes halogenated alkanes) is 18. The Kier molecular flexibility index (Phi) is 20.3. The maximum absolute atomic E-state index is 2.67. The van der Waals surface area contributed by atoms with Gasteiger partial charge in [0.05, 0.1) is 0 Å². The highest BCUT2D eigenvalue weighted by Gasteiger charge is 2.24. The van der Waals surface area contributed by atoms with E-state index in [0.29, 0.717) is 6.17 Å². The lowest BCUT2D eigenvalue weighted by Crippen LogP contribution is -2.39. The van der Waals surface area contributed by atoms with Crippen LogP contribution in [0.1, 0.15) is 162 Å². The van der Waals surface area contributed by atoms with Gasteiger partial charge in [0.1, 0.15) is 6.17 Å². The molecule has 190 valence electrons. The van der Waals surface area contributed by atoms with Crippen molar-refractivity contribution < 1.29 is 0 Å². The second-order valence-electron chi connectivity index (χ2n) is 10.4. The molecule has 0 bridgehead atoms. The normalized spacial score (nSPS) is 15.9.